The van der Waals surface area contributed by atoms with Crippen LogP contribution in [0.2, 0.25) is 0 Å². The highest BCUT2D eigenvalue weighted by Crippen LogP contribution is 2.26. The Morgan fingerprint density at radius 2 is 2.11 bits per heavy atom. The Kier molecular flexibility index (Phi) is 5.43. The van der Waals surface area contributed by atoms with Crippen molar-refractivity contribution in [3.8, 4) is 0 Å². The van der Waals surface area contributed by atoms with Crippen molar-refractivity contribution in [3.63, 3.8) is 0 Å². The molecule has 1 rings (SSSR count). The molecule has 1 heterocycles. The predicted octanol–water partition coefficient (Wildman–Crippen LogP) is 1.57. The fourth-order valence-electron chi connectivity index (χ4n) is 1.47. The van der Waals surface area contributed by atoms with Crippen molar-refractivity contribution in [2.75, 3.05) is 30.8 Å². The van der Waals surface area contributed by atoms with Crippen LogP contribution in [0.15, 0.2) is 0 Å². The number of rotatable bonds is 7. The van der Waals surface area contributed by atoms with Gasteiger partial charge in [0.15, 0.2) is 0 Å². The number of aromatic nitrogens is 2. The number of hydrogen-bond donors (Lipinski definition) is 2. The number of nitro groups is 1. The molecule has 1 aromatic heterocycles. The van der Waals surface area contributed by atoms with Crippen molar-refractivity contribution in [2.24, 2.45) is 0 Å². The van der Waals surface area contributed by atoms with Crippen molar-refractivity contribution < 1.29 is 9.66 Å². The van der Waals surface area contributed by atoms with Gasteiger partial charge in [-0.3, -0.25) is 10.1 Å². The number of nitrogens with one attached hydrogen (secondary N) is 2. The lowest BCUT2D eigenvalue weighted by molar-refractivity contribution is -0.385. The third-order valence-electron chi connectivity index (χ3n) is 2.54. The molecule has 0 saturated carbocycles. The van der Waals surface area contributed by atoms with Crippen molar-refractivity contribution in [1.29, 1.82) is 0 Å². The van der Waals surface area contributed by atoms with Gasteiger partial charge in [0.25, 0.3) is 0 Å². The smallest absolute Gasteiger partial charge is 0.332 e. The van der Waals surface area contributed by atoms with Crippen LogP contribution in [0.25, 0.3) is 0 Å². The average Bonchev–Trinajstić information content (AvgIpc) is 2.35. The second kappa shape index (κ2) is 6.83. The summed E-state index contributed by atoms with van der Waals surface area (Å²) in [5.74, 6) is 0.579. The quantitative estimate of drug-likeness (QED) is 0.572. The molecule has 0 aliphatic rings. The van der Waals surface area contributed by atoms with Crippen LogP contribution < -0.4 is 10.6 Å². The monoisotopic (exact) mass is 269 g/mol. The van der Waals surface area contributed by atoms with E-state index in [1.165, 1.54) is 0 Å². The largest absolute Gasteiger partial charge is 0.380 e. The molecular formula is C11H19N5O3. The molecule has 1 atom stereocenters. The standard InChI is InChI=1S/C11H19N5O3/c1-5-12-11-14-8(3)9(16(17)18)10(15-11)13-6-7(2)19-4/h7H,5-6H2,1-4H3,(H2,12,13,14,15). The normalized spacial score (nSPS) is 12.0. The Morgan fingerprint density at radius 1 is 1.42 bits per heavy atom. The Labute approximate surface area is 111 Å². The Balaban J connectivity index is 3.05. The summed E-state index contributed by atoms with van der Waals surface area (Å²) in [6.45, 7) is 6.42. The Bertz CT molecular complexity index is 452. The number of aryl methyl sites for hydroxylation is 1. The summed E-state index contributed by atoms with van der Waals surface area (Å²) in [5.41, 5.74) is 0.216. The molecule has 106 valence electrons. The summed E-state index contributed by atoms with van der Waals surface area (Å²) in [4.78, 5) is 18.8. The van der Waals surface area contributed by atoms with E-state index in [4.69, 9.17) is 4.74 Å². The van der Waals surface area contributed by atoms with Crippen LogP contribution in [0.4, 0.5) is 17.5 Å². The first-order valence-corrected chi connectivity index (χ1v) is 6.03. The SMILES string of the molecule is CCNc1nc(C)c([N+](=O)[O-])c(NCC(C)OC)n1. The van der Waals surface area contributed by atoms with Crippen LogP contribution in [0, 0.1) is 17.0 Å². The lowest BCUT2D eigenvalue weighted by Gasteiger charge is -2.13. The number of methoxy groups -OCH3 is 1. The lowest BCUT2D eigenvalue weighted by Crippen LogP contribution is -2.20. The summed E-state index contributed by atoms with van der Waals surface area (Å²) < 4.78 is 5.09. The van der Waals surface area contributed by atoms with E-state index in [1.807, 2.05) is 13.8 Å². The molecule has 0 spiro atoms. The Morgan fingerprint density at radius 3 is 2.63 bits per heavy atom. The minimum absolute atomic E-state index is 0.0718. The summed E-state index contributed by atoms with van der Waals surface area (Å²) in [6.07, 6.45) is -0.0718. The molecule has 0 radical (unpaired) electrons. The highest BCUT2D eigenvalue weighted by atomic mass is 16.6. The summed E-state index contributed by atoms with van der Waals surface area (Å²) in [6, 6.07) is 0. The van der Waals surface area contributed by atoms with E-state index in [0.717, 1.165) is 0 Å². The van der Waals surface area contributed by atoms with Crippen LogP contribution in [0.3, 0.4) is 0 Å². The molecular weight excluding hydrogens is 250 g/mol. The molecule has 0 aliphatic carbocycles. The molecule has 19 heavy (non-hydrogen) atoms. The molecule has 0 saturated heterocycles. The van der Waals surface area contributed by atoms with Crippen LogP contribution in [0.1, 0.15) is 19.5 Å². The molecule has 1 unspecified atom stereocenters. The summed E-state index contributed by atoms with van der Waals surface area (Å²) >= 11 is 0. The molecule has 0 aromatic carbocycles. The van der Waals surface area contributed by atoms with Crippen LogP contribution >= 0.6 is 0 Å². The highest BCUT2D eigenvalue weighted by Gasteiger charge is 2.22. The van der Waals surface area contributed by atoms with Gasteiger partial charge in [0.2, 0.25) is 11.8 Å². The lowest BCUT2D eigenvalue weighted by atomic mass is 10.3. The minimum Gasteiger partial charge on any atom is -0.380 e. The van der Waals surface area contributed by atoms with E-state index >= 15 is 0 Å². The van der Waals surface area contributed by atoms with Crippen LogP contribution in [-0.4, -0.2) is 41.2 Å². The van der Waals surface area contributed by atoms with Gasteiger partial charge < -0.3 is 15.4 Å². The van der Waals surface area contributed by atoms with E-state index in [2.05, 4.69) is 20.6 Å². The first kappa shape index (κ1) is 15.1. The number of nitrogens with zero attached hydrogens (tertiary/aromatic N) is 3. The summed E-state index contributed by atoms with van der Waals surface area (Å²) in [7, 11) is 1.58. The zero-order valence-electron chi connectivity index (χ0n) is 11.6. The average molecular weight is 269 g/mol. The first-order chi connectivity index (χ1) is 8.99. The zero-order valence-corrected chi connectivity index (χ0v) is 11.6. The van der Waals surface area contributed by atoms with Crippen molar-refractivity contribution >= 4 is 17.5 Å². The van der Waals surface area contributed by atoms with E-state index in [0.29, 0.717) is 24.7 Å². The van der Waals surface area contributed by atoms with Gasteiger partial charge in [-0.1, -0.05) is 0 Å². The molecule has 8 heteroatoms. The second-order valence-electron chi connectivity index (χ2n) is 4.04. The zero-order chi connectivity index (χ0) is 14.4. The van der Waals surface area contributed by atoms with Gasteiger partial charge in [-0.15, -0.1) is 0 Å². The second-order valence-corrected chi connectivity index (χ2v) is 4.04. The van der Waals surface area contributed by atoms with Gasteiger partial charge in [-0.25, -0.2) is 4.98 Å². The van der Waals surface area contributed by atoms with Crippen molar-refractivity contribution in [1.82, 2.24) is 9.97 Å². The predicted molar refractivity (Wildman–Crippen MR) is 72.5 cm³/mol. The first-order valence-electron chi connectivity index (χ1n) is 6.03. The van der Waals surface area contributed by atoms with E-state index in [1.54, 1.807) is 14.0 Å². The Hall–Kier alpha value is -1.96. The van der Waals surface area contributed by atoms with Gasteiger partial charge in [0, 0.05) is 20.2 Å². The van der Waals surface area contributed by atoms with E-state index in [9.17, 15) is 10.1 Å². The van der Waals surface area contributed by atoms with Gasteiger partial charge >= 0.3 is 5.69 Å². The fraction of sp³-hybridized carbons (Fsp3) is 0.636. The maximum Gasteiger partial charge on any atom is 0.332 e. The topological polar surface area (TPSA) is 102 Å². The number of hydrogen-bond acceptors (Lipinski definition) is 7. The van der Waals surface area contributed by atoms with Gasteiger partial charge in [-0.2, -0.15) is 4.98 Å². The van der Waals surface area contributed by atoms with Crippen LogP contribution in [0.5, 0.6) is 0 Å². The molecule has 2 N–H and O–H groups in total. The molecule has 0 amide bonds. The molecule has 0 aliphatic heterocycles. The molecule has 1 aromatic rings. The van der Waals surface area contributed by atoms with E-state index in [-0.39, 0.29) is 17.6 Å². The fourth-order valence-corrected chi connectivity index (χ4v) is 1.47. The maximum atomic E-state index is 11.1. The molecule has 0 fully saturated rings. The van der Waals surface area contributed by atoms with Gasteiger partial charge in [0.1, 0.15) is 5.69 Å². The van der Waals surface area contributed by atoms with Crippen LogP contribution in [-0.2, 0) is 4.74 Å². The minimum atomic E-state index is -0.481. The van der Waals surface area contributed by atoms with E-state index < -0.39 is 4.92 Å². The number of ether oxygens (including phenoxy) is 1. The molecule has 8 nitrogen and oxygen atoms in total. The third-order valence-corrected chi connectivity index (χ3v) is 2.54. The van der Waals surface area contributed by atoms with Gasteiger partial charge in [0.05, 0.1) is 11.0 Å². The number of anilines is 2. The maximum absolute atomic E-state index is 11.1. The third kappa shape index (κ3) is 4.02. The highest BCUT2D eigenvalue weighted by molar-refractivity contribution is 5.60. The summed E-state index contributed by atoms with van der Waals surface area (Å²) in [5, 5.41) is 16.9. The molecule has 0 bridgehead atoms. The van der Waals surface area contributed by atoms with Gasteiger partial charge in [-0.05, 0) is 20.8 Å². The van der Waals surface area contributed by atoms with Crippen molar-refractivity contribution in [2.45, 2.75) is 26.9 Å². The van der Waals surface area contributed by atoms with Crippen molar-refractivity contribution in [3.05, 3.63) is 15.8 Å².